The topological polar surface area (TPSA) is 140 Å². The van der Waals surface area contributed by atoms with Crippen molar-refractivity contribution in [2.75, 3.05) is 6.61 Å². The lowest BCUT2D eigenvalue weighted by Crippen LogP contribution is -2.31. The molecule has 25 heavy (non-hydrogen) atoms. The van der Waals surface area contributed by atoms with E-state index in [0.29, 0.717) is 11.0 Å². The van der Waals surface area contributed by atoms with Gasteiger partial charge in [-0.1, -0.05) is 12.1 Å². The number of aliphatic hydroxyl groups excluding tert-OH is 1. The van der Waals surface area contributed by atoms with Crippen LogP contribution in [0.5, 0.6) is 0 Å². The Hall–Kier alpha value is -3.67. The van der Waals surface area contributed by atoms with Crippen molar-refractivity contribution >= 4 is 34.2 Å². The third-order valence-corrected chi connectivity index (χ3v) is 3.51. The number of ether oxygens (including phenoxy) is 1. The van der Waals surface area contributed by atoms with E-state index < -0.39 is 18.3 Å². The molecule has 0 bridgehead atoms. The number of nitriles is 1. The zero-order valence-corrected chi connectivity index (χ0v) is 12.9. The fraction of sp³-hybridized carbons (Fsp3) is 0.188. The van der Waals surface area contributed by atoms with Gasteiger partial charge in [0.1, 0.15) is 24.0 Å². The maximum Gasteiger partial charge on any atom is 0.354 e. The summed E-state index contributed by atoms with van der Waals surface area (Å²) in [6.45, 7) is -0.508. The number of aromatic nitrogens is 2. The van der Waals surface area contributed by atoms with Crippen LogP contribution in [0.4, 0.5) is 0 Å². The number of aromatic amines is 1. The maximum atomic E-state index is 11.9. The molecule has 0 aliphatic carbocycles. The Morgan fingerprint density at radius 1 is 1.36 bits per heavy atom. The van der Waals surface area contributed by atoms with E-state index in [2.05, 4.69) is 20.5 Å². The fourth-order valence-corrected chi connectivity index (χ4v) is 2.24. The molecule has 2 heterocycles. The lowest BCUT2D eigenvalue weighted by atomic mass is 10.2. The van der Waals surface area contributed by atoms with Crippen LogP contribution in [-0.4, -0.2) is 39.3 Å². The minimum absolute atomic E-state index is 0.0506. The van der Waals surface area contributed by atoms with Gasteiger partial charge in [0, 0.05) is 12.8 Å². The molecule has 1 aliphatic heterocycles. The van der Waals surface area contributed by atoms with E-state index in [4.69, 9.17) is 4.74 Å². The van der Waals surface area contributed by atoms with E-state index in [9.17, 15) is 20.0 Å². The third-order valence-electron chi connectivity index (χ3n) is 3.51. The smallest absolute Gasteiger partial charge is 0.354 e. The van der Waals surface area contributed by atoms with Gasteiger partial charge < -0.3 is 14.8 Å². The van der Waals surface area contributed by atoms with Gasteiger partial charge in [0.05, 0.1) is 11.0 Å². The fourth-order valence-electron chi connectivity index (χ4n) is 2.24. The number of imidazole rings is 1. The molecule has 9 heteroatoms. The van der Waals surface area contributed by atoms with Crippen LogP contribution in [0.2, 0.25) is 0 Å². The zero-order chi connectivity index (χ0) is 17.8. The Morgan fingerprint density at radius 2 is 2.16 bits per heavy atom. The molecule has 9 nitrogen and oxygen atoms in total. The van der Waals surface area contributed by atoms with Gasteiger partial charge in [-0.05, 0) is 12.1 Å². The molecule has 1 aliphatic rings. The maximum absolute atomic E-state index is 11.9. The molecule has 0 fully saturated rings. The van der Waals surface area contributed by atoms with E-state index in [0.717, 1.165) is 0 Å². The number of esters is 1. The van der Waals surface area contributed by atoms with Crippen LogP contribution in [0.25, 0.3) is 16.6 Å². The van der Waals surface area contributed by atoms with Crippen LogP contribution in [-0.2, 0) is 14.3 Å². The van der Waals surface area contributed by atoms with Crippen LogP contribution in [0, 0.1) is 11.3 Å². The summed E-state index contributed by atoms with van der Waals surface area (Å²) < 4.78 is 4.94. The predicted molar refractivity (Wildman–Crippen MR) is 87.0 cm³/mol. The number of hydrogen-bond acceptors (Lipinski definition) is 7. The standard InChI is InChI=1S/C16H13N5O4/c17-7-9(15-18-10-3-1-2-4-11(10)19-15)13(22)8-25-16(24)12-5-6-14(23)21-20-12/h1-4,22H,5-6,8H2,(H,18,19)(H,21,23)/b13-9-. The zero-order valence-electron chi connectivity index (χ0n) is 12.9. The van der Waals surface area contributed by atoms with Crippen molar-refractivity contribution in [3.8, 4) is 6.07 Å². The highest BCUT2D eigenvalue weighted by molar-refractivity contribution is 6.37. The van der Waals surface area contributed by atoms with Crippen LogP contribution in [0.3, 0.4) is 0 Å². The number of fused-ring (bicyclic) bond motifs is 1. The van der Waals surface area contributed by atoms with E-state index in [1.807, 2.05) is 12.1 Å². The summed E-state index contributed by atoms with van der Waals surface area (Å²) >= 11 is 0. The average Bonchev–Trinajstić information content (AvgIpc) is 3.04. The Bertz CT molecular complexity index is 918. The number of amides is 1. The van der Waals surface area contributed by atoms with Crippen molar-refractivity contribution in [3.63, 3.8) is 0 Å². The quantitative estimate of drug-likeness (QED) is 0.434. The Balaban J connectivity index is 1.75. The number of hydrogen-bond donors (Lipinski definition) is 3. The van der Waals surface area contributed by atoms with Gasteiger partial charge in [0.2, 0.25) is 5.91 Å². The summed E-state index contributed by atoms with van der Waals surface area (Å²) in [5.41, 5.74) is 3.46. The number of benzene rings is 1. The first-order valence-corrected chi connectivity index (χ1v) is 7.38. The van der Waals surface area contributed by atoms with Gasteiger partial charge in [-0.3, -0.25) is 4.79 Å². The predicted octanol–water partition coefficient (Wildman–Crippen LogP) is 1.16. The van der Waals surface area contributed by atoms with Gasteiger partial charge in [0.25, 0.3) is 0 Å². The molecule has 1 amide bonds. The Morgan fingerprint density at radius 3 is 2.84 bits per heavy atom. The highest BCUT2D eigenvalue weighted by Crippen LogP contribution is 2.18. The van der Waals surface area contributed by atoms with Crippen LogP contribution >= 0.6 is 0 Å². The monoisotopic (exact) mass is 339 g/mol. The van der Waals surface area contributed by atoms with Gasteiger partial charge in [-0.2, -0.15) is 10.4 Å². The summed E-state index contributed by atoms with van der Waals surface area (Å²) in [6.07, 6.45) is 0.294. The summed E-state index contributed by atoms with van der Waals surface area (Å²) in [5, 5.41) is 23.0. The number of aliphatic hydroxyl groups is 1. The third kappa shape index (κ3) is 3.48. The van der Waals surface area contributed by atoms with Crippen LogP contribution in [0.15, 0.2) is 35.1 Å². The molecule has 1 aromatic heterocycles. The van der Waals surface area contributed by atoms with Crippen molar-refractivity contribution in [1.82, 2.24) is 15.4 Å². The van der Waals surface area contributed by atoms with Gasteiger partial charge in [-0.15, -0.1) is 0 Å². The van der Waals surface area contributed by atoms with Crippen molar-refractivity contribution < 1.29 is 19.4 Å². The summed E-state index contributed by atoms with van der Waals surface area (Å²) in [6, 6.07) is 9.00. The molecular formula is C16H13N5O4. The van der Waals surface area contributed by atoms with Crippen molar-refractivity contribution in [3.05, 3.63) is 35.8 Å². The largest absolute Gasteiger partial charge is 0.507 e. The molecule has 0 spiro atoms. The van der Waals surface area contributed by atoms with E-state index in [1.165, 1.54) is 0 Å². The van der Waals surface area contributed by atoms with Gasteiger partial charge in [0.15, 0.2) is 11.6 Å². The van der Waals surface area contributed by atoms with E-state index >= 15 is 0 Å². The van der Waals surface area contributed by atoms with E-state index in [-0.39, 0.29) is 35.9 Å². The molecule has 3 N–H and O–H groups in total. The highest BCUT2D eigenvalue weighted by Gasteiger charge is 2.21. The first kappa shape index (κ1) is 16.2. The first-order valence-electron chi connectivity index (χ1n) is 7.38. The number of nitrogens with zero attached hydrogens (tertiary/aromatic N) is 3. The molecule has 0 saturated heterocycles. The van der Waals surface area contributed by atoms with Crippen LogP contribution < -0.4 is 5.43 Å². The lowest BCUT2D eigenvalue weighted by molar-refractivity contribution is -0.135. The highest BCUT2D eigenvalue weighted by atomic mass is 16.5. The second kappa shape index (κ2) is 6.84. The summed E-state index contributed by atoms with van der Waals surface area (Å²) in [7, 11) is 0. The summed E-state index contributed by atoms with van der Waals surface area (Å²) in [5.74, 6) is -1.31. The minimum atomic E-state index is -0.770. The second-order valence-corrected chi connectivity index (χ2v) is 5.21. The molecule has 0 radical (unpaired) electrons. The molecular weight excluding hydrogens is 326 g/mol. The normalized spacial score (nSPS) is 15.0. The molecule has 0 unspecified atom stereocenters. The number of H-pyrrole nitrogens is 1. The first-order chi connectivity index (χ1) is 12.1. The number of para-hydroxylation sites is 2. The lowest BCUT2D eigenvalue weighted by Gasteiger charge is -2.11. The molecule has 126 valence electrons. The van der Waals surface area contributed by atoms with Gasteiger partial charge in [-0.25, -0.2) is 15.2 Å². The van der Waals surface area contributed by atoms with Crippen molar-refractivity contribution in [2.45, 2.75) is 12.8 Å². The molecule has 1 aromatic carbocycles. The molecule has 3 rings (SSSR count). The number of carbonyl (C=O) groups excluding carboxylic acids is 2. The Labute approximate surface area is 141 Å². The Kier molecular flexibility index (Phi) is 4.43. The van der Waals surface area contributed by atoms with Gasteiger partial charge >= 0.3 is 5.97 Å². The number of carbonyl (C=O) groups is 2. The number of hydrazone groups is 1. The average molecular weight is 339 g/mol. The van der Waals surface area contributed by atoms with Crippen molar-refractivity contribution in [2.24, 2.45) is 5.10 Å². The molecule has 0 atom stereocenters. The number of nitrogens with one attached hydrogen (secondary N) is 2. The SMILES string of the molecule is N#C/C(=C(/O)COC(=O)C1=NNC(=O)CC1)c1nc2ccccc2[nH]1. The number of rotatable bonds is 4. The van der Waals surface area contributed by atoms with Crippen molar-refractivity contribution in [1.29, 1.82) is 5.26 Å². The molecule has 0 saturated carbocycles. The molecule has 2 aromatic rings. The summed E-state index contributed by atoms with van der Waals surface area (Å²) in [4.78, 5) is 30.0. The number of allylic oxidation sites excluding steroid dienone is 1. The minimum Gasteiger partial charge on any atom is -0.507 e. The van der Waals surface area contributed by atoms with E-state index in [1.54, 1.807) is 18.2 Å². The van der Waals surface area contributed by atoms with Crippen LogP contribution in [0.1, 0.15) is 18.7 Å². The second-order valence-electron chi connectivity index (χ2n) is 5.21.